The molecule has 2 atom stereocenters. The number of pyridine rings is 1. The van der Waals surface area contributed by atoms with Crippen molar-refractivity contribution in [2.45, 2.75) is 22.7 Å². The first kappa shape index (κ1) is 22.6. The lowest BCUT2D eigenvalue weighted by Crippen LogP contribution is -2.29. The van der Waals surface area contributed by atoms with Crippen molar-refractivity contribution in [3.63, 3.8) is 0 Å². The molecule has 2 N–H and O–H groups in total. The van der Waals surface area contributed by atoms with Crippen molar-refractivity contribution in [2.24, 2.45) is 9.98 Å². The number of nitrogens with one attached hydrogen (secondary N) is 2. The molecule has 2 aromatic heterocycles. The zero-order valence-corrected chi connectivity index (χ0v) is 20.5. The van der Waals surface area contributed by atoms with E-state index < -0.39 is 15.9 Å². The number of hydrogen-bond acceptors (Lipinski definition) is 9. The number of carbonyl (C=O) groups is 1. The third kappa shape index (κ3) is 3.97. The molecule has 0 fully saturated rings. The topological polar surface area (TPSA) is 135 Å². The molecule has 3 aliphatic heterocycles. The number of furan rings is 1. The van der Waals surface area contributed by atoms with Gasteiger partial charge >= 0.3 is 0 Å². The number of aromatic nitrogens is 1. The number of rotatable bonds is 1. The van der Waals surface area contributed by atoms with Crippen LogP contribution >= 0.6 is 11.8 Å². The lowest BCUT2D eigenvalue weighted by atomic mass is 10.1. The quantitative estimate of drug-likeness (QED) is 0.502. The number of benzene rings is 1. The normalized spacial score (nSPS) is 21.9. The minimum absolute atomic E-state index is 0.0697. The van der Waals surface area contributed by atoms with Crippen molar-refractivity contribution < 1.29 is 22.4 Å². The molecule has 1 amide bonds. The zero-order chi connectivity index (χ0) is 24.9. The molecule has 0 spiro atoms. The van der Waals surface area contributed by atoms with Crippen LogP contribution in [0.5, 0.6) is 5.88 Å². The fourth-order valence-electron chi connectivity index (χ4n) is 4.15. The molecule has 10 nitrogen and oxygen atoms in total. The van der Waals surface area contributed by atoms with E-state index in [4.69, 9.17) is 9.15 Å². The Morgan fingerprint density at radius 2 is 2.06 bits per heavy atom. The van der Waals surface area contributed by atoms with E-state index >= 15 is 0 Å². The van der Waals surface area contributed by atoms with Gasteiger partial charge in [-0.15, -0.1) is 11.8 Å². The number of amides is 1. The number of anilines is 1. The number of carbonyl (C=O) groups excluding carboxylic acids is 1. The van der Waals surface area contributed by atoms with Crippen LogP contribution in [-0.4, -0.2) is 49.8 Å². The molecule has 0 saturated carbocycles. The predicted octanol–water partition coefficient (Wildman–Crippen LogP) is 3.08. The second-order valence-electron chi connectivity index (χ2n) is 8.20. The lowest BCUT2D eigenvalue weighted by molar-refractivity contribution is 0.0947. The molecule has 1 aromatic carbocycles. The minimum atomic E-state index is -4.05. The average Bonchev–Trinajstić information content (AvgIpc) is 3.54. The van der Waals surface area contributed by atoms with Crippen LogP contribution in [0.4, 0.5) is 5.69 Å². The first-order valence-electron chi connectivity index (χ1n) is 10.9. The molecule has 12 heteroatoms. The summed E-state index contributed by atoms with van der Waals surface area (Å²) in [6, 6.07) is 10.9. The lowest BCUT2D eigenvalue weighted by Gasteiger charge is -2.19. The maximum Gasteiger partial charge on any atom is 0.262 e. The van der Waals surface area contributed by atoms with Crippen molar-refractivity contribution in [3.8, 4) is 5.88 Å². The summed E-state index contributed by atoms with van der Waals surface area (Å²) in [6.45, 7) is 0.133. The van der Waals surface area contributed by atoms with Gasteiger partial charge in [0.2, 0.25) is 5.88 Å². The van der Waals surface area contributed by atoms with Crippen LogP contribution in [0.25, 0.3) is 4.91 Å². The van der Waals surface area contributed by atoms with Crippen molar-refractivity contribution in [1.29, 1.82) is 0 Å². The summed E-state index contributed by atoms with van der Waals surface area (Å²) in [7, 11) is -2.64. The van der Waals surface area contributed by atoms with Gasteiger partial charge in [-0.05, 0) is 42.5 Å². The highest BCUT2D eigenvalue weighted by Crippen LogP contribution is 2.44. The average molecular weight is 522 g/mol. The van der Waals surface area contributed by atoms with Gasteiger partial charge in [0.25, 0.3) is 15.9 Å². The predicted molar refractivity (Wildman–Crippen MR) is 136 cm³/mol. The van der Waals surface area contributed by atoms with Crippen LogP contribution in [0, 0.1) is 0 Å². The van der Waals surface area contributed by atoms with Crippen molar-refractivity contribution in [1.82, 2.24) is 10.3 Å². The largest absolute Gasteiger partial charge is 0.480 e. The first-order chi connectivity index (χ1) is 17.4. The van der Waals surface area contributed by atoms with Gasteiger partial charge in [-0.3, -0.25) is 14.5 Å². The third-order valence-electron chi connectivity index (χ3n) is 5.91. The highest BCUT2D eigenvalue weighted by atomic mass is 32.2. The molecule has 182 valence electrons. The van der Waals surface area contributed by atoms with Crippen molar-refractivity contribution in [2.75, 3.05) is 11.8 Å². The van der Waals surface area contributed by atoms with E-state index in [-0.39, 0.29) is 39.9 Å². The zero-order valence-electron chi connectivity index (χ0n) is 18.8. The fourth-order valence-corrected chi connectivity index (χ4v) is 6.56. The van der Waals surface area contributed by atoms with Crippen LogP contribution in [0.1, 0.15) is 27.4 Å². The summed E-state index contributed by atoms with van der Waals surface area (Å²) in [5.41, 5.74) is 1.81. The van der Waals surface area contributed by atoms with Gasteiger partial charge in [0, 0.05) is 22.2 Å². The van der Waals surface area contributed by atoms with Crippen molar-refractivity contribution >= 4 is 50.3 Å². The maximum atomic E-state index is 13.2. The molecule has 0 radical (unpaired) electrons. The van der Waals surface area contributed by atoms with E-state index in [0.29, 0.717) is 17.1 Å². The van der Waals surface area contributed by atoms with Crippen LogP contribution in [0.15, 0.2) is 74.0 Å². The van der Waals surface area contributed by atoms with E-state index in [9.17, 15) is 13.2 Å². The molecule has 36 heavy (non-hydrogen) atoms. The number of sulfonamides is 1. The summed E-state index contributed by atoms with van der Waals surface area (Å²) < 4.78 is 40.3. The summed E-state index contributed by atoms with van der Waals surface area (Å²) in [5, 5.41) is 2.64. The molecule has 6 rings (SSSR count). The molecule has 0 saturated heterocycles. The number of methoxy groups -OCH3 is 1. The Morgan fingerprint density at radius 3 is 2.92 bits per heavy atom. The summed E-state index contributed by atoms with van der Waals surface area (Å²) in [6.07, 6.45) is 5.15. The van der Waals surface area contributed by atoms with Gasteiger partial charge in [-0.1, -0.05) is 6.07 Å². The Kier molecular flexibility index (Phi) is 5.41. The van der Waals surface area contributed by atoms with E-state index in [1.807, 2.05) is 12.1 Å². The minimum Gasteiger partial charge on any atom is -0.480 e. The highest BCUT2D eigenvalue weighted by Gasteiger charge is 2.36. The van der Waals surface area contributed by atoms with Gasteiger partial charge in [0.05, 0.1) is 29.8 Å². The smallest absolute Gasteiger partial charge is 0.262 e. The molecular formula is C24H19N5O5S2. The summed E-state index contributed by atoms with van der Waals surface area (Å²) in [5.74, 6) is 0.837. The third-order valence-corrected chi connectivity index (χ3v) is 8.65. The summed E-state index contributed by atoms with van der Waals surface area (Å²) in [4.78, 5) is 26.9. The van der Waals surface area contributed by atoms with Gasteiger partial charge in [0.15, 0.2) is 0 Å². The highest BCUT2D eigenvalue weighted by molar-refractivity contribution is 8.09. The Balaban J connectivity index is 1.48. The number of nitrogens with zero attached hydrogens (tertiary/aromatic N) is 3. The summed E-state index contributed by atoms with van der Waals surface area (Å²) >= 11 is 1.55. The Bertz CT molecular complexity index is 1590. The second kappa shape index (κ2) is 8.64. The van der Waals surface area contributed by atoms with Crippen LogP contribution in [0.3, 0.4) is 0 Å². The number of aliphatic imine (C=N–C) groups is 2. The number of fused-ring (bicyclic) bond motifs is 9. The van der Waals surface area contributed by atoms with Gasteiger partial charge in [-0.2, -0.15) is 0 Å². The van der Waals surface area contributed by atoms with E-state index in [0.717, 1.165) is 10.6 Å². The molecule has 3 aromatic rings. The van der Waals surface area contributed by atoms with Crippen molar-refractivity contribution in [3.05, 3.63) is 77.4 Å². The standard InChI is InChI=1S/C24H19N5O5S2/c1-33-24-18-8-14(10-26-24)20-9-17-22(35-20)21(28-12-27-17)19-6-5-15(34-19)11-25-23(30)13-3-2-4-16(7-13)36(31,32)29-18/h2-10,12,17,22,29H,11H2,1H3,(H,25,30). The Hall–Kier alpha value is -3.90. The van der Waals surface area contributed by atoms with Crippen LogP contribution in [-0.2, 0) is 16.6 Å². The van der Waals surface area contributed by atoms with Gasteiger partial charge < -0.3 is 14.5 Å². The molecular weight excluding hydrogens is 502 g/mol. The second-order valence-corrected chi connectivity index (χ2v) is 11.1. The fraction of sp³-hybridized carbons (Fsp3) is 0.167. The van der Waals surface area contributed by atoms with Gasteiger partial charge in [0.1, 0.15) is 29.3 Å². The SMILES string of the molecule is COc1ncc2cc1NS(=O)(=O)c1cccc(c1)C(=O)NCc1ccc(o1)C1=NC=NC3C=C2SC13. The van der Waals surface area contributed by atoms with E-state index in [2.05, 4.69) is 25.0 Å². The molecule has 3 aliphatic rings. The number of ether oxygens (including phenoxy) is 1. The van der Waals surface area contributed by atoms with E-state index in [1.54, 1.807) is 36.2 Å². The molecule has 2 unspecified atom stereocenters. The molecule has 0 aliphatic carbocycles. The first-order valence-corrected chi connectivity index (χ1v) is 13.3. The Morgan fingerprint density at radius 1 is 1.17 bits per heavy atom. The number of hydrogen-bond donors (Lipinski definition) is 2. The number of thioether (sulfide) groups is 1. The van der Waals surface area contributed by atoms with Crippen LogP contribution in [0.2, 0.25) is 0 Å². The Labute approximate surface area is 210 Å². The monoisotopic (exact) mass is 521 g/mol. The van der Waals surface area contributed by atoms with Crippen LogP contribution < -0.4 is 14.8 Å². The van der Waals surface area contributed by atoms with E-state index in [1.165, 1.54) is 31.6 Å². The van der Waals surface area contributed by atoms with Gasteiger partial charge in [-0.25, -0.2) is 18.4 Å². The maximum absolute atomic E-state index is 13.2. The molecule has 5 heterocycles. The molecule has 8 bridgehead atoms.